The molecule has 0 spiro atoms. The summed E-state index contributed by atoms with van der Waals surface area (Å²) < 4.78 is 79.9. The zero-order valence-corrected chi connectivity index (χ0v) is 24.3. The lowest BCUT2D eigenvalue weighted by molar-refractivity contribution is -0.137. The zero-order chi connectivity index (χ0) is 30.8. The van der Waals surface area contributed by atoms with Crippen LogP contribution in [0, 0.1) is 0 Å². The molecule has 0 aliphatic heterocycles. The third-order valence-corrected chi connectivity index (χ3v) is 8.49. The summed E-state index contributed by atoms with van der Waals surface area (Å²) in [5.41, 5.74) is 2.57. The molecule has 1 saturated carbocycles. The lowest BCUT2D eigenvalue weighted by atomic mass is 10.00. The molecule has 3 aromatic carbocycles. The summed E-state index contributed by atoms with van der Waals surface area (Å²) in [5.74, 6) is -0.486. The number of rotatable bonds is 12. The van der Waals surface area contributed by atoms with E-state index in [0.717, 1.165) is 36.1 Å². The van der Waals surface area contributed by atoms with Crippen LogP contribution in [0.25, 0.3) is 22.3 Å². The molecule has 1 aromatic heterocycles. The first-order chi connectivity index (χ1) is 20.4. The van der Waals surface area contributed by atoms with Crippen LogP contribution < -0.4 is 10.0 Å². The molecule has 43 heavy (non-hydrogen) atoms. The molecule has 1 fully saturated rings. The molecule has 1 heterocycles. The van der Waals surface area contributed by atoms with Crippen LogP contribution in [-0.4, -0.2) is 33.7 Å². The van der Waals surface area contributed by atoms with Gasteiger partial charge in [0.25, 0.3) is 5.91 Å². The van der Waals surface area contributed by atoms with Gasteiger partial charge in [-0.15, -0.1) is 0 Å². The number of alkyl halides is 3. The molecule has 0 unspecified atom stereocenters. The number of ether oxygens (including phenoxy) is 1. The number of amides is 1. The van der Waals surface area contributed by atoms with Crippen molar-refractivity contribution >= 4 is 32.6 Å². The molecule has 1 aliphatic carbocycles. The van der Waals surface area contributed by atoms with Gasteiger partial charge in [0, 0.05) is 24.1 Å². The Balaban J connectivity index is 1.37. The number of carbonyl (C=O) groups excluding carboxylic acids is 1. The molecule has 1 aliphatic rings. The Hall–Kier alpha value is -4.09. The van der Waals surface area contributed by atoms with Crippen LogP contribution in [0.2, 0.25) is 0 Å². The predicted molar refractivity (Wildman–Crippen MR) is 159 cm³/mol. The quantitative estimate of drug-likeness (QED) is 0.164. The van der Waals surface area contributed by atoms with Crippen molar-refractivity contribution in [1.82, 2.24) is 5.32 Å². The van der Waals surface area contributed by atoms with Crippen molar-refractivity contribution in [3.05, 3.63) is 101 Å². The highest BCUT2D eigenvalue weighted by Gasteiger charge is 2.32. The number of benzene rings is 3. The van der Waals surface area contributed by atoms with Gasteiger partial charge in [0.15, 0.2) is 0 Å². The first kappa shape index (κ1) is 30.4. The Morgan fingerprint density at radius 2 is 1.77 bits per heavy atom. The van der Waals surface area contributed by atoms with E-state index in [1.807, 2.05) is 30.3 Å². The zero-order valence-electron chi connectivity index (χ0n) is 23.5. The van der Waals surface area contributed by atoms with Crippen LogP contribution >= 0.6 is 0 Å². The van der Waals surface area contributed by atoms with Gasteiger partial charge >= 0.3 is 6.18 Å². The number of nitrogens with one attached hydrogen (secondary N) is 2. The minimum atomic E-state index is -4.51. The van der Waals surface area contributed by atoms with Crippen molar-refractivity contribution in [3.8, 4) is 11.3 Å². The Morgan fingerprint density at radius 1 is 1.07 bits per heavy atom. The van der Waals surface area contributed by atoms with E-state index in [2.05, 4.69) is 16.6 Å². The number of hydrogen-bond donors (Lipinski definition) is 2. The number of fused-ring (bicyclic) bond motifs is 1. The lowest BCUT2D eigenvalue weighted by Gasteiger charge is -2.14. The number of furan rings is 1. The SMILES string of the molecule is C=C(CCS(=O)(=O)Nc1cc2oc(-c3ccc(C(F)(F)F)cc3)c(C(=O)NC)c2cc1C1CC1)COCc1ccccc1. The van der Waals surface area contributed by atoms with E-state index in [9.17, 15) is 26.4 Å². The lowest BCUT2D eigenvalue weighted by Crippen LogP contribution is -2.19. The van der Waals surface area contributed by atoms with Crippen LogP contribution in [0.1, 0.15) is 52.2 Å². The molecule has 0 bridgehead atoms. The Morgan fingerprint density at radius 3 is 2.40 bits per heavy atom. The number of sulfonamides is 1. The molecule has 4 aromatic rings. The highest BCUT2D eigenvalue weighted by molar-refractivity contribution is 7.92. The molecule has 226 valence electrons. The van der Waals surface area contributed by atoms with Gasteiger partial charge in [0.2, 0.25) is 10.0 Å². The molecule has 0 saturated heterocycles. The van der Waals surface area contributed by atoms with E-state index in [0.29, 0.717) is 23.3 Å². The minimum absolute atomic E-state index is 0.0941. The average Bonchev–Trinajstić information content (AvgIpc) is 3.75. The molecule has 0 radical (unpaired) electrons. The first-order valence-corrected chi connectivity index (χ1v) is 15.4. The van der Waals surface area contributed by atoms with Gasteiger partial charge in [-0.25, -0.2) is 8.42 Å². The Labute approximate surface area is 247 Å². The van der Waals surface area contributed by atoms with E-state index in [4.69, 9.17) is 9.15 Å². The summed E-state index contributed by atoms with van der Waals surface area (Å²) in [6.07, 6.45) is -2.60. The summed E-state index contributed by atoms with van der Waals surface area (Å²) in [5, 5.41) is 3.01. The summed E-state index contributed by atoms with van der Waals surface area (Å²) in [6, 6.07) is 17.2. The van der Waals surface area contributed by atoms with Crippen LogP contribution in [0.15, 0.2) is 83.3 Å². The second kappa shape index (κ2) is 12.3. The van der Waals surface area contributed by atoms with Gasteiger partial charge in [-0.05, 0) is 54.5 Å². The highest BCUT2D eigenvalue weighted by atomic mass is 32.2. The van der Waals surface area contributed by atoms with E-state index in [1.165, 1.54) is 19.2 Å². The van der Waals surface area contributed by atoms with Crippen LogP contribution in [0.4, 0.5) is 18.9 Å². The van der Waals surface area contributed by atoms with Gasteiger partial charge in [-0.3, -0.25) is 9.52 Å². The second-order valence-electron chi connectivity index (χ2n) is 10.6. The third kappa shape index (κ3) is 7.29. The fourth-order valence-electron chi connectivity index (χ4n) is 4.80. The maximum Gasteiger partial charge on any atom is 0.416 e. The van der Waals surface area contributed by atoms with Gasteiger partial charge in [0.05, 0.1) is 35.8 Å². The van der Waals surface area contributed by atoms with Crippen LogP contribution in [0.3, 0.4) is 0 Å². The Kier molecular flexibility index (Phi) is 8.66. The molecule has 1 amide bonds. The van der Waals surface area contributed by atoms with Crippen molar-refractivity contribution in [2.75, 3.05) is 24.1 Å². The fourth-order valence-corrected chi connectivity index (χ4v) is 5.97. The van der Waals surface area contributed by atoms with Gasteiger partial charge in [-0.2, -0.15) is 13.2 Å². The predicted octanol–water partition coefficient (Wildman–Crippen LogP) is 7.26. The van der Waals surface area contributed by atoms with Gasteiger partial charge < -0.3 is 14.5 Å². The summed E-state index contributed by atoms with van der Waals surface area (Å²) in [6.45, 7) is 4.57. The number of hydrogen-bond acceptors (Lipinski definition) is 5. The molecule has 7 nitrogen and oxygen atoms in total. The van der Waals surface area contributed by atoms with Gasteiger partial charge in [0.1, 0.15) is 11.3 Å². The van der Waals surface area contributed by atoms with Crippen molar-refractivity contribution in [1.29, 1.82) is 0 Å². The first-order valence-electron chi connectivity index (χ1n) is 13.7. The topological polar surface area (TPSA) is 97.6 Å². The molecule has 0 atom stereocenters. The maximum absolute atomic E-state index is 13.1. The summed E-state index contributed by atoms with van der Waals surface area (Å²) in [4.78, 5) is 12.9. The van der Waals surface area contributed by atoms with Crippen molar-refractivity contribution in [2.45, 2.75) is 38.0 Å². The molecule has 2 N–H and O–H groups in total. The second-order valence-corrected chi connectivity index (χ2v) is 12.4. The largest absolute Gasteiger partial charge is 0.455 e. The van der Waals surface area contributed by atoms with Crippen molar-refractivity contribution in [2.24, 2.45) is 0 Å². The van der Waals surface area contributed by atoms with Gasteiger partial charge in [-0.1, -0.05) is 54.6 Å². The van der Waals surface area contributed by atoms with Crippen molar-refractivity contribution in [3.63, 3.8) is 0 Å². The van der Waals surface area contributed by atoms with Crippen molar-refractivity contribution < 1.29 is 35.5 Å². The smallest absolute Gasteiger partial charge is 0.416 e. The highest BCUT2D eigenvalue weighted by Crippen LogP contribution is 2.47. The third-order valence-electron chi connectivity index (χ3n) is 7.21. The standard InChI is InChI=1S/C32H31F3N2O5S/c1-20(18-41-19-21-6-4-3-5-7-21)14-15-43(39,40)37-27-17-28-26(16-25(27)22-8-9-22)29(31(38)36-2)30(42-28)23-10-12-24(13-11-23)32(33,34)35/h3-7,10-13,16-17,22,37H,1,8-9,14-15,18-19H2,2H3,(H,36,38). The minimum Gasteiger partial charge on any atom is -0.455 e. The van der Waals surface area contributed by atoms with E-state index < -0.39 is 27.7 Å². The molecular formula is C32H31F3N2O5S. The number of anilines is 1. The fraction of sp³-hybridized carbons (Fsp3) is 0.281. The van der Waals surface area contributed by atoms with E-state index in [-0.39, 0.29) is 47.2 Å². The molecule has 11 heteroatoms. The van der Waals surface area contributed by atoms with E-state index >= 15 is 0 Å². The number of carbonyl (C=O) groups is 1. The summed E-state index contributed by atoms with van der Waals surface area (Å²) >= 11 is 0. The van der Waals surface area contributed by atoms with Crippen LogP contribution in [0.5, 0.6) is 0 Å². The normalized spacial score (nSPS) is 13.7. The molecule has 5 rings (SSSR count). The Bertz CT molecular complexity index is 1740. The molecular weight excluding hydrogens is 581 g/mol. The van der Waals surface area contributed by atoms with Crippen LogP contribution in [-0.2, 0) is 27.5 Å². The monoisotopic (exact) mass is 612 g/mol. The average molecular weight is 613 g/mol. The summed E-state index contributed by atoms with van der Waals surface area (Å²) in [7, 11) is -2.35. The maximum atomic E-state index is 13.1. The number of halogens is 3. The van der Waals surface area contributed by atoms with E-state index in [1.54, 1.807) is 12.1 Å².